The van der Waals surface area contributed by atoms with Crippen LogP contribution in [0.15, 0.2) is 36.7 Å². The van der Waals surface area contributed by atoms with Crippen LogP contribution in [0.25, 0.3) is 10.9 Å². The van der Waals surface area contributed by atoms with Gasteiger partial charge in [0.15, 0.2) is 4.47 Å². The van der Waals surface area contributed by atoms with Crippen molar-refractivity contribution in [2.45, 2.75) is 6.54 Å². The van der Waals surface area contributed by atoms with Crippen LogP contribution >= 0.6 is 22.9 Å². The maximum absolute atomic E-state index is 5.80. The van der Waals surface area contributed by atoms with Crippen molar-refractivity contribution in [1.82, 2.24) is 9.55 Å². The molecule has 2 heterocycles. The number of aryl methyl sites for hydroxylation is 1. The zero-order valence-electron chi connectivity index (χ0n) is 9.85. The number of hydrogen-bond acceptors (Lipinski definition) is 3. The van der Waals surface area contributed by atoms with Crippen LogP contribution in [0.2, 0.25) is 4.47 Å². The fourth-order valence-corrected chi connectivity index (χ4v) is 2.84. The van der Waals surface area contributed by atoms with E-state index in [0.717, 1.165) is 17.1 Å². The Labute approximate surface area is 114 Å². The lowest BCUT2D eigenvalue weighted by Gasteiger charge is -2.05. The normalized spacial score (nSPS) is 11.0. The molecule has 0 unspecified atom stereocenters. The van der Waals surface area contributed by atoms with Crippen LogP contribution in [0.3, 0.4) is 0 Å². The second-order valence-corrected chi connectivity index (χ2v) is 5.83. The van der Waals surface area contributed by atoms with E-state index in [1.807, 2.05) is 0 Å². The molecule has 0 fully saturated rings. The molecule has 3 aromatic rings. The van der Waals surface area contributed by atoms with Gasteiger partial charge in [0.1, 0.15) is 0 Å². The zero-order chi connectivity index (χ0) is 12.5. The van der Waals surface area contributed by atoms with Gasteiger partial charge in [-0.25, -0.2) is 4.98 Å². The number of benzene rings is 1. The minimum Gasteiger partial charge on any atom is -0.380 e. The van der Waals surface area contributed by atoms with Crippen LogP contribution in [0.1, 0.15) is 4.88 Å². The fraction of sp³-hybridized carbons (Fsp3) is 0.154. The molecular formula is C13H12ClN3S. The number of halogens is 1. The zero-order valence-corrected chi connectivity index (χ0v) is 11.4. The van der Waals surface area contributed by atoms with E-state index in [1.54, 1.807) is 6.20 Å². The summed E-state index contributed by atoms with van der Waals surface area (Å²) in [5.41, 5.74) is 2.33. The van der Waals surface area contributed by atoms with Gasteiger partial charge in [-0.1, -0.05) is 17.7 Å². The van der Waals surface area contributed by atoms with Gasteiger partial charge in [-0.3, -0.25) is 0 Å². The van der Waals surface area contributed by atoms with Crippen molar-refractivity contribution in [1.29, 1.82) is 0 Å². The average Bonchev–Trinajstić information content (AvgIpc) is 2.94. The van der Waals surface area contributed by atoms with Crippen molar-refractivity contribution in [3.05, 3.63) is 46.0 Å². The monoisotopic (exact) mass is 277 g/mol. The number of nitrogens with zero attached hydrogens (tertiary/aromatic N) is 2. The van der Waals surface area contributed by atoms with Gasteiger partial charge in [-0.05, 0) is 23.6 Å². The van der Waals surface area contributed by atoms with Crippen molar-refractivity contribution in [2.24, 2.45) is 7.05 Å². The number of rotatable bonds is 3. The molecule has 3 nitrogen and oxygen atoms in total. The molecule has 0 aliphatic rings. The third-order valence-electron chi connectivity index (χ3n) is 2.88. The van der Waals surface area contributed by atoms with E-state index in [4.69, 9.17) is 11.6 Å². The lowest BCUT2D eigenvalue weighted by atomic mass is 10.2. The Morgan fingerprint density at radius 1 is 1.39 bits per heavy atom. The van der Waals surface area contributed by atoms with E-state index in [0.29, 0.717) is 4.47 Å². The molecule has 0 atom stereocenters. The number of nitrogens with one attached hydrogen (secondary N) is 1. The molecule has 5 heteroatoms. The van der Waals surface area contributed by atoms with Gasteiger partial charge in [0.05, 0.1) is 6.54 Å². The molecule has 0 spiro atoms. The Bertz CT molecular complexity index is 686. The molecule has 0 saturated heterocycles. The summed E-state index contributed by atoms with van der Waals surface area (Å²) in [5.74, 6) is 0. The Morgan fingerprint density at radius 2 is 2.28 bits per heavy atom. The van der Waals surface area contributed by atoms with Gasteiger partial charge in [-0.2, -0.15) is 0 Å². The number of hydrogen-bond donors (Lipinski definition) is 1. The first-order valence-corrected chi connectivity index (χ1v) is 6.81. The smallest absolute Gasteiger partial charge is 0.183 e. The Hall–Kier alpha value is -1.52. The second kappa shape index (κ2) is 4.63. The van der Waals surface area contributed by atoms with Crippen molar-refractivity contribution >= 4 is 39.5 Å². The lowest BCUT2D eigenvalue weighted by Crippen LogP contribution is -1.97. The quantitative estimate of drug-likeness (QED) is 0.787. The highest BCUT2D eigenvalue weighted by Crippen LogP contribution is 2.22. The van der Waals surface area contributed by atoms with Crippen LogP contribution < -0.4 is 5.32 Å². The first-order valence-electron chi connectivity index (χ1n) is 5.61. The van der Waals surface area contributed by atoms with E-state index in [9.17, 15) is 0 Å². The van der Waals surface area contributed by atoms with Crippen molar-refractivity contribution < 1.29 is 0 Å². The molecule has 92 valence electrons. The molecule has 0 aliphatic carbocycles. The van der Waals surface area contributed by atoms with Crippen LogP contribution in [0.5, 0.6) is 0 Å². The van der Waals surface area contributed by atoms with Crippen LogP contribution in [-0.2, 0) is 13.6 Å². The molecule has 2 aromatic heterocycles. The highest BCUT2D eigenvalue weighted by atomic mass is 35.5. The summed E-state index contributed by atoms with van der Waals surface area (Å²) in [6.45, 7) is 0.750. The van der Waals surface area contributed by atoms with Gasteiger partial charge in [0.25, 0.3) is 0 Å². The van der Waals surface area contributed by atoms with Crippen LogP contribution in [-0.4, -0.2) is 9.55 Å². The van der Waals surface area contributed by atoms with Crippen molar-refractivity contribution in [3.63, 3.8) is 0 Å². The minimum absolute atomic E-state index is 0.588. The fourth-order valence-electron chi connectivity index (χ4n) is 1.93. The first kappa shape index (κ1) is 11.6. The summed E-state index contributed by atoms with van der Waals surface area (Å²) in [4.78, 5) is 5.16. The molecule has 0 bridgehead atoms. The highest BCUT2D eigenvalue weighted by Gasteiger charge is 2.02. The molecule has 18 heavy (non-hydrogen) atoms. The first-order chi connectivity index (χ1) is 8.72. The standard InChI is InChI=1S/C13H12ClN3S/c1-17-5-4-9-2-3-10(6-12(9)17)15-7-11-8-16-13(14)18-11/h2-6,8,15H,7H2,1H3. The molecule has 1 N–H and O–H groups in total. The van der Waals surface area contributed by atoms with Crippen molar-refractivity contribution in [2.75, 3.05) is 5.32 Å². The summed E-state index contributed by atoms with van der Waals surface area (Å²) < 4.78 is 2.70. The summed E-state index contributed by atoms with van der Waals surface area (Å²) in [5, 5.41) is 4.64. The summed E-state index contributed by atoms with van der Waals surface area (Å²) >= 11 is 7.30. The highest BCUT2D eigenvalue weighted by molar-refractivity contribution is 7.15. The summed E-state index contributed by atoms with van der Waals surface area (Å²) in [6, 6.07) is 8.47. The maximum atomic E-state index is 5.80. The van der Waals surface area contributed by atoms with Gasteiger partial charge in [0.2, 0.25) is 0 Å². The van der Waals surface area contributed by atoms with Crippen LogP contribution in [0.4, 0.5) is 5.69 Å². The van der Waals surface area contributed by atoms with Gasteiger partial charge >= 0.3 is 0 Å². The summed E-state index contributed by atoms with van der Waals surface area (Å²) in [6.07, 6.45) is 3.87. The molecule has 0 radical (unpaired) electrons. The number of fused-ring (bicyclic) bond motifs is 1. The van der Waals surface area contributed by atoms with E-state index >= 15 is 0 Å². The van der Waals surface area contributed by atoms with Gasteiger partial charge in [-0.15, -0.1) is 11.3 Å². The van der Waals surface area contributed by atoms with Crippen LogP contribution in [0, 0.1) is 0 Å². The third kappa shape index (κ3) is 2.21. The Morgan fingerprint density at radius 3 is 3.06 bits per heavy atom. The van der Waals surface area contributed by atoms with E-state index in [-0.39, 0.29) is 0 Å². The third-order valence-corrected chi connectivity index (χ3v) is 4.00. The predicted molar refractivity (Wildman–Crippen MR) is 77.4 cm³/mol. The molecule has 1 aromatic carbocycles. The predicted octanol–water partition coefficient (Wildman–Crippen LogP) is 3.90. The van der Waals surface area contributed by atoms with E-state index < -0.39 is 0 Å². The average molecular weight is 278 g/mol. The molecule has 0 saturated carbocycles. The van der Waals surface area contributed by atoms with E-state index in [1.165, 1.54) is 22.2 Å². The second-order valence-electron chi connectivity index (χ2n) is 4.13. The van der Waals surface area contributed by atoms with Crippen molar-refractivity contribution in [3.8, 4) is 0 Å². The Kier molecular flexibility index (Phi) is 2.97. The molecular weight excluding hydrogens is 266 g/mol. The summed E-state index contributed by atoms with van der Waals surface area (Å²) in [7, 11) is 2.05. The van der Waals surface area contributed by atoms with Gasteiger partial charge in [0, 0.05) is 35.5 Å². The lowest BCUT2D eigenvalue weighted by molar-refractivity contribution is 0.969. The number of anilines is 1. The SMILES string of the molecule is Cn1ccc2ccc(NCc3cnc(Cl)s3)cc21. The topological polar surface area (TPSA) is 29.9 Å². The largest absolute Gasteiger partial charge is 0.380 e. The number of aromatic nitrogens is 2. The maximum Gasteiger partial charge on any atom is 0.183 e. The molecule has 3 rings (SSSR count). The Balaban J connectivity index is 1.80. The molecule has 0 amide bonds. The van der Waals surface area contributed by atoms with Gasteiger partial charge < -0.3 is 9.88 Å². The molecule has 0 aliphatic heterocycles. The number of thiazole rings is 1. The minimum atomic E-state index is 0.588. The van der Waals surface area contributed by atoms with E-state index in [2.05, 4.69) is 52.4 Å².